The molecule has 0 bridgehead atoms. The maximum absolute atomic E-state index is 13.1. The number of carbonyl (C=O) groups is 1. The summed E-state index contributed by atoms with van der Waals surface area (Å²) in [6.07, 6.45) is 5.12. The number of hydrogen-bond donors (Lipinski definition) is 1. The van der Waals surface area contributed by atoms with Crippen molar-refractivity contribution >= 4 is 23.2 Å². The van der Waals surface area contributed by atoms with Crippen LogP contribution in [0.5, 0.6) is 0 Å². The lowest BCUT2D eigenvalue weighted by Crippen LogP contribution is -2.49. The van der Waals surface area contributed by atoms with Gasteiger partial charge in [-0.2, -0.15) is 0 Å². The number of nitrogens with two attached hydrogens (primary N) is 1. The normalized spacial score (nSPS) is 13.9. The summed E-state index contributed by atoms with van der Waals surface area (Å²) < 4.78 is 6.97. The van der Waals surface area contributed by atoms with Crippen LogP contribution in [0.15, 0.2) is 77.7 Å². The van der Waals surface area contributed by atoms with E-state index in [2.05, 4.69) is 25.0 Å². The van der Waals surface area contributed by atoms with Crippen molar-refractivity contribution in [2.24, 2.45) is 0 Å². The molecule has 4 aromatic heterocycles. The van der Waals surface area contributed by atoms with E-state index in [1.54, 1.807) is 35.3 Å². The van der Waals surface area contributed by atoms with E-state index in [0.717, 1.165) is 24.5 Å². The molecular formula is C25H22N8O2. The van der Waals surface area contributed by atoms with Crippen LogP contribution in [0.4, 0.5) is 11.6 Å². The molecule has 0 saturated carbocycles. The third kappa shape index (κ3) is 3.95. The van der Waals surface area contributed by atoms with Gasteiger partial charge < -0.3 is 20.0 Å². The number of benzene rings is 1. The lowest BCUT2D eigenvalue weighted by atomic mass is 10.1. The smallest absolute Gasteiger partial charge is 0.253 e. The fourth-order valence-corrected chi connectivity index (χ4v) is 4.21. The SMILES string of the molecule is Nc1nc(-c2ccc(C(=O)N3CCN(c4ccccn4)CC3)cc2)cn2nc(-c3ccco3)nc12. The number of pyridine rings is 1. The molecule has 5 heterocycles. The molecule has 0 unspecified atom stereocenters. The van der Waals surface area contributed by atoms with Crippen LogP contribution in [-0.4, -0.2) is 61.6 Å². The van der Waals surface area contributed by atoms with Gasteiger partial charge in [0.15, 0.2) is 17.2 Å². The van der Waals surface area contributed by atoms with Crippen LogP contribution < -0.4 is 10.6 Å². The van der Waals surface area contributed by atoms with Gasteiger partial charge in [0.05, 0.1) is 18.2 Å². The van der Waals surface area contributed by atoms with Gasteiger partial charge in [0, 0.05) is 43.5 Å². The van der Waals surface area contributed by atoms with Crippen molar-refractivity contribution in [2.75, 3.05) is 36.8 Å². The van der Waals surface area contributed by atoms with E-state index in [0.29, 0.717) is 41.6 Å². The molecule has 1 fully saturated rings. The van der Waals surface area contributed by atoms with E-state index in [4.69, 9.17) is 10.2 Å². The molecule has 1 aliphatic rings. The number of anilines is 2. The number of aromatic nitrogens is 5. The minimum Gasteiger partial charge on any atom is -0.461 e. The van der Waals surface area contributed by atoms with Crippen LogP contribution in [0, 0.1) is 0 Å². The van der Waals surface area contributed by atoms with Gasteiger partial charge in [-0.05, 0) is 36.4 Å². The Labute approximate surface area is 200 Å². The molecular weight excluding hydrogens is 444 g/mol. The van der Waals surface area contributed by atoms with Crippen LogP contribution in [0.25, 0.3) is 28.5 Å². The summed E-state index contributed by atoms with van der Waals surface area (Å²) in [4.78, 5) is 30.4. The fourth-order valence-electron chi connectivity index (χ4n) is 4.21. The average molecular weight is 467 g/mol. The van der Waals surface area contributed by atoms with E-state index in [1.807, 2.05) is 47.4 Å². The van der Waals surface area contributed by atoms with Crippen molar-refractivity contribution in [1.82, 2.24) is 29.5 Å². The number of furan rings is 1. The first-order valence-electron chi connectivity index (χ1n) is 11.3. The minimum atomic E-state index is 0.0134. The molecule has 0 radical (unpaired) electrons. The molecule has 1 amide bonds. The molecule has 0 aliphatic carbocycles. The highest BCUT2D eigenvalue weighted by Crippen LogP contribution is 2.24. The summed E-state index contributed by atoms with van der Waals surface area (Å²) >= 11 is 0. The number of nitrogen functional groups attached to an aromatic ring is 1. The van der Waals surface area contributed by atoms with Crippen molar-refractivity contribution < 1.29 is 9.21 Å². The lowest BCUT2D eigenvalue weighted by Gasteiger charge is -2.35. The Morgan fingerprint density at radius 2 is 1.77 bits per heavy atom. The maximum Gasteiger partial charge on any atom is 0.253 e. The largest absolute Gasteiger partial charge is 0.461 e. The first-order valence-corrected chi connectivity index (χ1v) is 11.3. The zero-order valence-electron chi connectivity index (χ0n) is 18.8. The average Bonchev–Trinajstić information content (AvgIpc) is 3.60. The van der Waals surface area contributed by atoms with E-state index < -0.39 is 0 Å². The molecule has 1 aliphatic heterocycles. The predicted octanol–water partition coefficient (Wildman–Crippen LogP) is 2.99. The van der Waals surface area contributed by atoms with E-state index in [-0.39, 0.29) is 11.7 Å². The highest BCUT2D eigenvalue weighted by Gasteiger charge is 2.23. The predicted molar refractivity (Wildman–Crippen MR) is 131 cm³/mol. The van der Waals surface area contributed by atoms with Crippen LogP contribution >= 0.6 is 0 Å². The van der Waals surface area contributed by atoms with Gasteiger partial charge in [-0.15, -0.1) is 5.10 Å². The van der Waals surface area contributed by atoms with Gasteiger partial charge in [-0.25, -0.2) is 19.5 Å². The molecule has 6 rings (SSSR count). The fraction of sp³-hybridized carbons (Fsp3) is 0.160. The zero-order valence-corrected chi connectivity index (χ0v) is 18.8. The maximum atomic E-state index is 13.1. The number of fused-ring (bicyclic) bond motifs is 1. The molecule has 5 aromatic rings. The van der Waals surface area contributed by atoms with Crippen molar-refractivity contribution in [3.63, 3.8) is 0 Å². The number of piperazine rings is 1. The zero-order chi connectivity index (χ0) is 23.8. The molecule has 10 nitrogen and oxygen atoms in total. The molecule has 0 spiro atoms. The number of carbonyl (C=O) groups excluding carboxylic acids is 1. The molecule has 1 saturated heterocycles. The quantitative estimate of drug-likeness (QED) is 0.429. The number of amides is 1. The third-order valence-corrected chi connectivity index (χ3v) is 6.06. The van der Waals surface area contributed by atoms with Crippen molar-refractivity contribution in [1.29, 1.82) is 0 Å². The Morgan fingerprint density at radius 3 is 2.49 bits per heavy atom. The first kappa shape index (κ1) is 20.8. The number of nitrogens with zero attached hydrogens (tertiary/aromatic N) is 7. The number of rotatable bonds is 4. The Bertz CT molecular complexity index is 1470. The first-order chi connectivity index (χ1) is 17.2. The summed E-state index contributed by atoms with van der Waals surface area (Å²) in [5, 5.41) is 4.46. The van der Waals surface area contributed by atoms with Crippen LogP contribution in [0.1, 0.15) is 10.4 Å². The van der Waals surface area contributed by atoms with Gasteiger partial charge in [0.2, 0.25) is 5.82 Å². The van der Waals surface area contributed by atoms with Crippen LogP contribution in [0.3, 0.4) is 0 Å². The second-order valence-electron chi connectivity index (χ2n) is 8.24. The Balaban J connectivity index is 1.18. The summed E-state index contributed by atoms with van der Waals surface area (Å²) in [5.41, 5.74) is 8.70. The van der Waals surface area contributed by atoms with Gasteiger partial charge in [-0.3, -0.25) is 4.79 Å². The topological polar surface area (TPSA) is 119 Å². The van der Waals surface area contributed by atoms with Crippen molar-refractivity contribution in [2.45, 2.75) is 0 Å². The highest BCUT2D eigenvalue weighted by atomic mass is 16.3. The second kappa shape index (κ2) is 8.56. The van der Waals surface area contributed by atoms with Crippen LogP contribution in [0.2, 0.25) is 0 Å². The summed E-state index contributed by atoms with van der Waals surface area (Å²) in [5.74, 6) is 2.21. The monoisotopic (exact) mass is 466 g/mol. The Kier molecular flexibility index (Phi) is 5.10. The summed E-state index contributed by atoms with van der Waals surface area (Å²) in [7, 11) is 0. The van der Waals surface area contributed by atoms with Crippen molar-refractivity contribution in [3.05, 3.63) is 78.8 Å². The molecule has 10 heteroatoms. The van der Waals surface area contributed by atoms with Gasteiger partial charge in [-0.1, -0.05) is 18.2 Å². The second-order valence-corrected chi connectivity index (χ2v) is 8.24. The standard InChI is InChI=1S/C25H22N8O2/c26-22-24-29-23(20-4-3-15-35-20)30-33(24)16-19(28-22)17-6-8-18(9-7-17)25(34)32-13-11-31(12-14-32)21-5-1-2-10-27-21/h1-10,15-16H,11-14H2,(H2,26,28). The summed E-state index contributed by atoms with van der Waals surface area (Å²) in [6.45, 7) is 2.80. The minimum absolute atomic E-state index is 0.0134. The Morgan fingerprint density at radius 1 is 0.943 bits per heavy atom. The Hall–Kier alpha value is -4.73. The number of hydrogen-bond acceptors (Lipinski definition) is 8. The van der Waals surface area contributed by atoms with Crippen molar-refractivity contribution in [3.8, 4) is 22.8 Å². The van der Waals surface area contributed by atoms with Crippen LogP contribution in [-0.2, 0) is 0 Å². The van der Waals surface area contributed by atoms with E-state index >= 15 is 0 Å². The highest BCUT2D eigenvalue weighted by molar-refractivity contribution is 5.94. The molecule has 1 aromatic carbocycles. The van der Waals surface area contributed by atoms with Gasteiger partial charge in [0.25, 0.3) is 5.91 Å². The lowest BCUT2D eigenvalue weighted by molar-refractivity contribution is 0.0746. The molecule has 174 valence electrons. The van der Waals surface area contributed by atoms with Gasteiger partial charge >= 0.3 is 0 Å². The molecule has 35 heavy (non-hydrogen) atoms. The molecule has 0 atom stereocenters. The van der Waals surface area contributed by atoms with E-state index in [9.17, 15) is 4.79 Å². The van der Waals surface area contributed by atoms with E-state index in [1.165, 1.54) is 0 Å². The van der Waals surface area contributed by atoms with Gasteiger partial charge in [0.1, 0.15) is 5.82 Å². The molecule has 2 N–H and O–H groups in total. The third-order valence-electron chi connectivity index (χ3n) is 6.06. The summed E-state index contributed by atoms with van der Waals surface area (Å²) in [6, 6.07) is 16.8.